The molecule has 3 N–H and O–H groups in total. The third-order valence-electron chi connectivity index (χ3n) is 4.46. The zero-order valence-electron chi connectivity index (χ0n) is 13.2. The van der Waals surface area contributed by atoms with Crippen LogP contribution in [0.3, 0.4) is 0 Å². The molecule has 1 saturated carbocycles. The van der Waals surface area contributed by atoms with Gasteiger partial charge in [0.05, 0.1) is 9.82 Å². The molecule has 0 saturated heterocycles. The Kier molecular flexibility index (Phi) is 5.38. The van der Waals surface area contributed by atoms with Crippen LogP contribution in [-0.4, -0.2) is 25.4 Å². The van der Waals surface area contributed by atoms with Gasteiger partial charge in [0.15, 0.2) is 0 Å². The highest BCUT2D eigenvalue weighted by atomic mass is 32.2. The molecule has 0 amide bonds. The van der Waals surface area contributed by atoms with E-state index < -0.39 is 20.5 Å². The molecule has 1 aliphatic carbocycles. The number of nitrogens with two attached hydrogens (primary N) is 1. The van der Waals surface area contributed by atoms with Crippen LogP contribution in [0.15, 0.2) is 23.1 Å². The second-order valence-corrected chi connectivity index (χ2v) is 7.99. The highest BCUT2D eigenvalue weighted by Crippen LogP contribution is 2.27. The summed E-state index contributed by atoms with van der Waals surface area (Å²) in [6.07, 6.45) is 5.79. The number of nitrogens with zero attached hydrogens (tertiary/aromatic N) is 1. The minimum Gasteiger partial charge on any atom is -0.324 e. The van der Waals surface area contributed by atoms with Crippen LogP contribution in [0, 0.1) is 17.0 Å². The van der Waals surface area contributed by atoms with Crippen LogP contribution in [0.2, 0.25) is 0 Å². The first-order chi connectivity index (χ1) is 10.8. The van der Waals surface area contributed by atoms with E-state index >= 15 is 0 Å². The Hall–Kier alpha value is -1.51. The standard InChI is InChI=1S/C15H23N3O4S/c1-12-13(18(19)20)7-6-8-14(12)23(21,22)17-11-15(16)9-4-2-3-5-10-15/h6-8,17H,2-5,9-11,16H2,1H3. The Morgan fingerprint density at radius 2 is 1.87 bits per heavy atom. The molecule has 1 aliphatic rings. The van der Waals surface area contributed by atoms with Crippen LogP contribution in [0.25, 0.3) is 0 Å². The molecule has 8 heteroatoms. The Bertz CT molecular complexity index is 680. The fourth-order valence-corrected chi connectivity index (χ4v) is 4.42. The van der Waals surface area contributed by atoms with Crippen molar-refractivity contribution < 1.29 is 13.3 Å². The van der Waals surface area contributed by atoms with Gasteiger partial charge in [0, 0.05) is 23.7 Å². The Labute approximate surface area is 136 Å². The normalized spacial score (nSPS) is 18.3. The second-order valence-electron chi connectivity index (χ2n) is 6.26. The molecular formula is C15H23N3O4S. The summed E-state index contributed by atoms with van der Waals surface area (Å²) in [7, 11) is -3.83. The molecule has 1 fully saturated rings. The zero-order valence-corrected chi connectivity index (χ0v) is 14.1. The molecule has 2 rings (SSSR count). The summed E-state index contributed by atoms with van der Waals surface area (Å²) in [5, 5.41) is 11.0. The summed E-state index contributed by atoms with van der Waals surface area (Å²) in [4.78, 5) is 10.3. The maximum absolute atomic E-state index is 12.5. The molecule has 0 bridgehead atoms. The van der Waals surface area contributed by atoms with E-state index in [2.05, 4.69) is 4.72 Å². The molecular weight excluding hydrogens is 318 g/mol. The lowest BCUT2D eigenvalue weighted by Gasteiger charge is -2.28. The van der Waals surface area contributed by atoms with Gasteiger partial charge >= 0.3 is 0 Å². The predicted octanol–water partition coefficient (Wildman–Crippen LogP) is 2.23. The lowest BCUT2D eigenvalue weighted by molar-refractivity contribution is -0.385. The summed E-state index contributed by atoms with van der Waals surface area (Å²) >= 11 is 0. The number of nitrogens with one attached hydrogen (secondary N) is 1. The number of hydrogen-bond acceptors (Lipinski definition) is 5. The molecule has 1 aromatic rings. The topological polar surface area (TPSA) is 115 Å². The molecule has 128 valence electrons. The van der Waals surface area contributed by atoms with Gasteiger partial charge in [0.2, 0.25) is 10.0 Å². The lowest BCUT2D eigenvalue weighted by atomic mass is 9.92. The largest absolute Gasteiger partial charge is 0.324 e. The first kappa shape index (κ1) is 17.8. The van der Waals surface area contributed by atoms with Crippen LogP contribution < -0.4 is 10.5 Å². The van der Waals surface area contributed by atoms with E-state index in [1.165, 1.54) is 25.1 Å². The van der Waals surface area contributed by atoms with Gasteiger partial charge in [-0.3, -0.25) is 10.1 Å². The van der Waals surface area contributed by atoms with E-state index in [0.29, 0.717) is 0 Å². The maximum Gasteiger partial charge on any atom is 0.273 e. The predicted molar refractivity (Wildman–Crippen MR) is 87.6 cm³/mol. The molecule has 23 heavy (non-hydrogen) atoms. The first-order valence-electron chi connectivity index (χ1n) is 7.78. The van der Waals surface area contributed by atoms with Gasteiger partial charge in [-0.05, 0) is 25.8 Å². The van der Waals surface area contributed by atoms with Crippen LogP contribution in [-0.2, 0) is 10.0 Å². The van der Waals surface area contributed by atoms with Gasteiger partial charge in [0.25, 0.3) is 5.69 Å². The minimum absolute atomic E-state index is 0.0658. The third kappa shape index (κ3) is 4.27. The average molecular weight is 341 g/mol. The molecule has 0 atom stereocenters. The summed E-state index contributed by atoms with van der Waals surface area (Å²) in [5.41, 5.74) is 5.71. The molecule has 0 aliphatic heterocycles. The van der Waals surface area contributed by atoms with Crippen molar-refractivity contribution in [1.29, 1.82) is 0 Å². The number of rotatable bonds is 5. The average Bonchev–Trinajstić information content (AvgIpc) is 2.70. The van der Waals surface area contributed by atoms with Crippen molar-refractivity contribution in [2.24, 2.45) is 5.73 Å². The van der Waals surface area contributed by atoms with Crippen molar-refractivity contribution in [3.63, 3.8) is 0 Å². The number of nitro groups is 1. The van der Waals surface area contributed by atoms with Gasteiger partial charge in [0.1, 0.15) is 0 Å². The Morgan fingerprint density at radius 3 is 2.43 bits per heavy atom. The monoisotopic (exact) mass is 341 g/mol. The van der Waals surface area contributed by atoms with Crippen LogP contribution in [0.4, 0.5) is 5.69 Å². The second kappa shape index (κ2) is 6.94. The fourth-order valence-electron chi connectivity index (χ4n) is 3.02. The van der Waals surface area contributed by atoms with Gasteiger partial charge in [-0.2, -0.15) is 0 Å². The van der Waals surface area contributed by atoms with E-state index in [-0.39, 0.29) is 22.7 Å². The lowest BCUT2D eigenvalue weighted by Crippen LogP contribution is -2.49. The zero-order chi connectivity index (χ0) is 17.1. The van der Waals surface area contributed by atoms with Crippen LogP contribution in [0.5, 0.6) is 0 Å². The van der Waals surface area contributed by atoms with E-state index in [0.717, 1.165) is 38.5 Å². The van der Waals surface area contributed by atoms with E-state index in [1.54, 1.807) is 0 Å². The molecule has 1 aromatic carbocycles. The first-order valence-corrected chi connectivity index (χ1v) is 9.26. The van der Waals surface area contributed by atoms with Gasteiger partial charge in [-0.1, -0.05) is 31.7 Å². The van der Waals surface area contributed by atoms with E-state index in [9.17, 15) is 18.5 Å². The molecule has 0 heterocycles. The Morgan fingerprint density at radius 1 is 1.26 bits per heavy atom. The van der Waals surface area contributed by atoms with Crippen molar-refractivity contribution in [2.75, 3.05) is 6.54 Å². The van der Waals surface area contributed by atoms with E-state index in [1.807, 2.05) is 0 Å². The summed E-state index contributed by atoms with van der Waals surface area (Å²) < 4.78 is 27.6. The number of hydrogen-bond donors (Lipinski definition) is 2. The van der Waals surface area contributed by atoms with Crippen molar-refractivity contribution >= 4 is 15.7 Å². The molecule has 0 radical (unpaired) electrons. The maximum atomic E-state index is 12.5. The van der Waals surface area contributed by atoms with Crippen LogP contribution in [0.1, 0.15) is 44.1 Å². The van der Waals surface area contributed by atoms with Crippen molar-refractivity contribution in [1.82, 2.24) is 4.72 Å². The molecule has 0 spiro atoms. The van der Waals surface area contributed by atoms with Crippen LogP contribution >= 0.6 is 0 Å². The van der Waals surface area contributed by atoms with E-state index in [4.69, 9.17) is 5.73 Å². The summed E-state index contributed by atoms with van der Waals surface area (Å²) in [6, 6.07) is 4.05. The molecule has 7 nitrogen and oxygen atoms in total. The van der Waals surface area contributed by atoms with Gasteiger partial charge < -0.3 is 5.73 Å². The van der Waals surface area contributed by atoms with Gasteiger partial charge in [-0.15, -0.1) is 0 Å². The summed E-state index contributed by atoms with van der Waals surface area (Å²) in [5.74, 6) is 0. The quantitative estimate of drug-likeness (QED) is 0.484. The molecule has 0 unspecified atom stereocenters. The van der Waals surface area contributed by atoms with Crippen molar-refractivity contribution in [3.05, 3.63) is 33.9 Å². The number of nitro benzene ring substituents is 1. The molecule has 0 aromatic heterocycles. The van der Waals surface area contributed by atoms with Crippen molar-refractivity contribution in [3.8, 4) is 0 Å². The smallest absolute Gasteiger partial charge is 0.273 e. The third-order valence-corrected chi connectivity index (χ3v) is 6.00. The summed E-state index contributed by atoms with van der Waals surface area (Å²) in [6.45, 7) is 1.59. The fraction of sp³-hybridized carbons (Fsp3) is 0.600. The Balaban J connectivity index is 2.19. The van der Waals surface area contributed by atoms with Crippen molar-refractivity contribution in [2.45, 2.75) is 55.9 Å². The minimum atomic E-state index is -3.83. The number of benzene rings is 1. The SMILES string of the molecule is Cc1c([N+](=O)[O-])cccc1S(=O)(=O)NCC1(N)CCCCCC1. The highest BCUT2D eigenvalue weighted by Gasteiger charge is 2.29. The number of sulfonamides is 1. The van der Waals surface area contributed by atoms with Gasteiger partial charge in [-0.25, -0.2) is 13.1 Å². The highest BCUT2D eigenvalue weighted by molar-refractivity contribution is 7.89.